The number of piperidine rings is 1. The van der Waals surface area contributed by atoms with E-state index < -0.39 is 0 Å². The zero-order valence-electron chi connectivity index (χ0n) is 11.7. The molecule has 1 saturated heterocycles. The van der Waals surface area contributed by atoms with Crippen LogP contribution in [0.25, 0.3) is 0 Å². The van der Waals surface area contributed by atoms with Crippen LogP contribution < -0.4 is 10.6 Å². The van der Waals surface area contributed by atoms with Gasteiger partial charge in [0.15, 0.2) is 0 Å². The SMILES string of the molecule is Cc1ccc(Br)cc1C(=O)NCCC1CCCNC1.Cl. The zero-order valence-corrected chi connectivity index (χ0v) is 14.1. The Hall–Kier alpha value is -0.580. The number of hydrogen-bond donors (Lipinski definition) is 2. The van der Waals surface area contributed by atoms with E-state index in [9.17, 15) is 4.79 Å². The van der Waals surface area contributed by atoms with E-state index >= 15 is 0 Å². The normalized spacial score (nSPS) is 18.2. The quantitative estimate of drug-likeness (QED) is 0.864. The summed E-state index contributed by atoms with van der Waals surface area (Å²) in [6.45, 7) is 4.95. The summed E-state index contributed by atoms with van der Waals surface area (Å²) in [6, 6.07) is 5.80. The third kappa shape index (κ3) is 5.08. The molecule has 112 valence electrons. The van der Waals surface area contributed by atoms with Gasteiger partial charge in [0, 0.05) is 16.6 Å². The number of aryl methyl sites for hydroxylation is 1. The topological polar surface area (TPSA) is 41.1 Å². The molecule has 0 aliphatic carbocycles. The van der Waals surface area contributed by atoms with Gasteiger partial charge in [-0.3, -0.25) is 4.79 Å². The number of carbonyl (C=O) groups excluding carboxylic acids is 1. The summed E-state index contributed by atoms with van der Waals surface area (Å²) in [6.07, 6.45) is 3.59. The van der Waals surface area contributed by atoms with E-state index in [0.717, 1.165) is 41.7 Å². The molecule has 1 unspecified atom stereocenters. The Balaban J connectivity index is 0.00000200. The van der Waals surface area contributed by atoms with Gasteiger partial charge in [-0.15, -0.1) is 12.4 Å². The summed E-state index contributed by atoms with van der Waals surface area (Å²) in [5, 5.41) is 6.43. The van der Waals surface area contributed by atoms with Crippen LogP contribution in [-0.4, -0.2) is 25.5 Å². The van der Waals surface area contributed by atoms with Crippen molar-refractivity contribution in [3.8, 4) is 0 Å². The molecule has 2 N–H and O–H groups in total. The predicted octanol–water partition coefficient (Wildman–Crippen LogP) is 3.30. The van der Waals surface area contributed by atoms with E-state index in [1.165, 1.54) is 12.8 Å². The van der Waals surface area contributed by atoms with Crippen molar-refractivity contribution in [1.82, 2.24) is 10.6 Å². The smallest absolute Gasteiger partial charge is 0.251 e. The molecule has 0 spiro atoms. The molecule has 0 saturated carbocycles. The minimum Gasteiger partial charge on any atom is -0.352 e. The van der Waals surface area contributed by atoms with Gasteiger partial charge in [-0.1, -0.05) is 22.0 Å². The number of rotatable bonds is 4. The average molecular weight is 362 g/mol. The van der Waals surface area contributed by atoms with Crippen LogP contribution in [0.2, 0.25) is 0 Å². The van der Waals surface area contributed by atoms with Gasteiger partial charge >= 0.3 is 0 Å². The Morgan fingerprint density at radius 2 is 2.30 bits per heavy atom. The summed E-state index contributed by atoms with van der Waals surface area (Å²) in [7, 11) is 0. The molecule has 1 heterocycles. The van der Waals surface area contributed by atoms with Crippen molar-refractivity contribution in [2.24, 2.45) is 5.92 Å². The van der Waals surface area contributed by atoms with Crippen LogP contribution in [0.15, 0.2) is 22.7 Å². The van der Waals surface area contributed by atoms with Crippen molar-refractivity contribution in [3.05, 3.63) is 33.8 Å². The number of halogens is 2. The van der Waals surface area contributed by atoms with Gasteiger partial charge in [0.25, 0.3) is 5.91 Å². The Labute approximate surface area is 135 Å². The molecule has 1 fully saturated rings. The fourth-order valence-electron chi connectivity index (χ4n) is 2.49. The lowest BCUT2D eigenvalue weighted by Crippen LogP contribution is -2.33. The third-order valence-electron chi connectivity index (χ3n) is 3.68. The Bertz CT molecular complexity index is 447. The largest absolute Gasteiger partial charge is 0.352 e. The Morgan fingerprint density at radius 1 is 1.50 bits per heavy atom. The first-order chi connectivity index (χ1) is 9.16. The van der Waals surface area contributed by atoms with Crippen molar-refractivity contribution in [2.75, 3.05) is 19.6 Å². The molecule has 0 bridgehead atoms. The molecule has 1 aromatic carbocycles. The van der Waals surface area contributed by atoms with E-state index in [2.05, 4.69) is 26.6 Å². The predicted molar refractivity (Wildman–Crippen MR) is 88.7 cm³/mol. The van der Waals surface area contributed by atoms with Gasteiger partial charge in [-0.05, 0) is 62.9 Å². The van der Waals surface area contributed by atoms with Crippen molar-refractivity contribution in [1.29, 1.82) is 0 Å². The lowest BCUT2D eigenvalue weighted by molar-refractivity contribution is 0.0950. The molecular weight excluding hydrogens is 340 g/mol. The van der Waals surface area contributed by atoms with Crippen molar-refractivity contribution in [2.45, 2.75) is 26.2 Å². The van der Waals surface area contributed by atoms with Gasteiger partial charge in [0.2, 0.25) is 0 Å². The van der Waals surface area contributed by atoms with Crippen LogP contribution in [0.5, 0.6) is 0 Å². The highest BCUT2D eigenvalue weighted by molar-refractivity contribution is 9.10. The van der Waals surface area contributed by atoms with Crippen LogP contribution >= 0.6 is 28.3 Å². The fraction of sp³-hybridized carbons (Fsp3) is 0.533. The zero-order chi connectivity index (χ0) is 13.7. The number of hydrogen-bond acceptors (Lipinski definition) is 2. The average Bonchev–Trinajstić information content (AvgIpc) is 2.42. The monoisotopic (exact) mass is 360 g/mol. The van der Waals surface area contributed by atoms with E-state index in [-0.39, 0.29) is 18.3 Å². The molecule has 1 amide bonds. The van der Waals surface area contributed by atoms with Crippen LogP contribution in [0, 0.1) is 12.8 Å². The lowest BCUT2D eigenvalue weighted by atomic mass is 9.96. The third-order valence-corrected chi connectivity index (χ3v) is 4.17. The minimum absolute atomic E-state index is 0. The molecule has 0 aromatic heterocycles. The first-order valence-electron chi connectivity index (χ1n) is 6.92. The van der Waals surface area contributed by atoms with Gasteiger partial charge < -0.3 is 10.6 Å². The number of carbonyl (C=O) groups is 1. The number of nitrogens with one attached hydrogen (secondary N) is 2. The summed E-state index contributed by atoms with van der Waals surface area (Å²) in [5.41, 5.74) is 1.77. The summed E-state index contributed by atoms with van der Waals surface area (Å²) in [4.78, 5) is 12.1. The van der Waals surface area contributed by atoms with E-state index in [4.69, 9.17) is 0 Å². The van der Waals surface area contributed by atoms with Crippen LogP contribution in [0.4, 0.5) is 0 Å². The van der Waals surface area contributed by atoms with Gasteiger partial charge in [-0.2, -0.15) is 0 Å². The molecule has 1 aromatic rings. The molecule has 1 atom stereocenters. The first kappa shape index (κ1) is 17.5. The molecule has 5 heteroatoms. The molecular formula is C15H22BrClN2O. The fourth-order valence-corrected chi connectivity index (χ4v) is 2.86. The molecule has 0 radical (unpaired) electrons. The molecule has 1 aliphatic heterocycles. The Morgan fingerprint density at radius 3 is 3.00 bits per heavy atom. The standard InChI is InChI=1S/C15H21BrN2O.ClH/c1-11-4-5-13(16)9-14(11)15(19)18-8-6-12-3-2-7-17-10-12;/h4-5,9,12,17H,2-3,6-8,10H2,1H3,(H,18,19);1H. The highest BCUT2D eigenvalue weighted by Gasteiger charge is 2.14. The highest BCUT2D eigenvalue weighted by Crippen LogP contribution is 2.16. The van der Waals surface area contributed by atoms with Crippen LogP contribution in [0.3, 0.4) is 0 Å². The summed E-state index contributed by atoms with van der Waals surface area (Å²) >= 11 is 3.41. The van der Waals surface area contributed by atoms with Crippen LogP contribution in [-0.2, 0) is 0 Å². The molecule has 2 rings (SSSR count). The van der Waals surface area contributed by atoms with Gasteiger partial charge in [0.05, 0.1) is 0 Å². The number of amides is 1. The second-order valence-electron chi connectivity index (χ2n) is 5.22. The highest BCUT2D eigenvalue weighted by atomic mass is 79.9. The Kier molecular flexibility index (Phi) is 7.56. The maximum absolute atomic E-state index is 12.1. The van der Waals surface area contributed by atoms with Crippen molar-refractivity contribution >= 4 is 34.2 Å². The van der Waals surface area contributed by atoms with Gasteiger partial charge in [-0.25, -0.2) is 0 Å². The first-order valence-corrected chi connectivity index (χ1v) is 7.71. The number of benzene rings is 1. The molecule has 3 nitrogen and oxygen atoms in total. The minimum atomic E-state index is 0. The second kappa shape index (κ2) is 8.65. The maximum Gasteiger partial charge on any atom is 0.251 e. The maximum atomic E-state index is 12.1. The second-order valence-corrected chi connectivity index (χ2v) is 6.13. The van der Waals surface area contributed by atoms with E-state index in [0.29, 0.717) is 5.92 Å². The van der Waals surface area contributed by atoms with Crippen molar-refractivity contribution in [3.63, 3.8) is 0 Å². The molecule has 1 aliphatic rings. The van der Waals surface area contributed by atoms with Crippen molar-refractivity contribution < 1.29 is 4.79 Å². The molecule has 20 heavy (non-hydrogen) atoms. The summed E-state index contributed by atoms with van der Waals surface area (Å²) < 4.78 is 0.944. The lowest BCUT2D eigenvalue weighted by Gasteiger charge is -2.22. The van der Waals surface area contributed by atoms with Crippen LogP contribution in [0.1, 0.15) is 35.2 Å². The van der Waals surface area contributed by atoms with E-state index in [1.807, 2.05) is 25.1 Å². The van der Waals surface area contributed by atoms with Gasteiger partial charge in [0.1, 0.15) is 0 Å². The summed E-state index contributed by atoms with van der Waals surface area (Å²) in [5.74, 6) is 0.736. The van der Waals surface area contributed by atoms with E-state index in [1.54, 1.807) is 0 Å².